The monoisotopic (exact) mass is 175 g/mol. The second-order valence-electron chi connectivity index (χ2n) is 4.25. The minimum Gasteiger partial charge on any atom is -1.00 e. The highest BCUT2D eigenvalue weighted by Crippen LogP contribution is 2.60. The third-order valence-electron chi connectivity index (χ3n) is 4.03. The molecule has 0 aromatic rings. The van der Waals surface area contributed by atoms with Gasteiger partial charge in [-0.3, -0.25) is 0 Å². The van der Waals surface area contributed by atoms with Crippen molar-refractivity contribution in [2.24, 2.45) is 10.8 Å². The molecule has 0 spiro atoms. The molecule has 0 aromatic carbocycles. The summed E-state index contributed by atoms with van der Waals surface area (Å²) in [4.78, 5) is 0. The molecule has 64 valence electrons. The second-order valence-corrected chi connectivity index (χ2v) is 4.25. The SMILES string of the molecule is C1C[C@]23C[NH2+]C[C@]12COC3.[Cl-]. The first-order chi connectivity index (χ1) is 4.87. The van der Waals surface area contributed by atoms with Crippen LogP contribution < -0.4 is 17.7 Å². The van der Waals surface area contributed by atoms with Gasteiger partial charge < -0.3 is 22.5 Å². The fourth-order valence-corrected chi connectivity index (χ4v) is 3.10. The van der Waals surface area contributed by atoms with E-state index in [0.29, 0.717) is 10.8 Å². The summed E-state index contributed by atoms with van der Waals surface area (Å²) in [6, 6.07) is 0. The molecule has 2 atom stereocenters. The predicted molar refractivity (Wildman–Crippen MR) is 36.6 cm³/mol. The van der Waals surface area contributed by atoms with Gasteiger partial charge in [0.2, 0.25) is 0 Å². The summed E-state index contributed by atoms with van der Waals surface area (Å²) >= 11 is 0. The van der Waals surface area contributed by atoms with Crippen LogP contribution in [0.4, 0.5) is 0 Å². The normalized spacial score (nSPS) is 52.4. The van der Waals surface area contributed by atoms with Gasteiger partial charge in [0.25, 0.3) is 0 Å². The summed E-state index contributed by atoms with van der Waals surface area (Å²) in [5.74, 6) is 0. The van der Waals surface area contributed by atoms with Crippen LogP contribution >= 0.6 is 0 Å². The van der Waals surface area contributed by atoms with Crippen LogP contribution in [0.1, 0.15) is 12.8 Å². The molecular weight excluding hydrogens is 162 g/mol. The van der Waals surface area contributed by atoms with Crippen molar-refractivity contribution in [2.45, 2.75) is 12.8 Å². The lowest BCUT2D eigenvalue weighted by molar-refractivity contribution is -0.644. The summed E-state index contributed by atoms with van der Waals surface area (Å²) in [6.07, 6.45) is 2.87. The Kier molecular flexibility index (Phi) is 1.51. The van der Waals surface area contributed by atoms with Gasteiger partial charge in [-0.2, -0.15) is 0 Å². The molecule has 0 radical (unpaired) electrons. The van der Waals surface area contributed by atoms with Crippen molar-refractivity contribution in [3.63, 3.8) is 0 Å². The Morgan fingerprint density at radius 2 is 1.55 bits per heavy atom. The van der Waals surface area contributed by atoms with Crippen molar-refractivity contribution in [3.05, 3.63) is 0 Å². The molecule has 0 amide bonds. The quantitative estimate of drug-likeness (QED) is 0.404. The van der Waals surface area contributed by atoms with E-state index >= 15 is 0 Å². The zero-order chi connectivity index (χ0) is 6.66. The average molecular weight is 176 g/mol. The van der Waals surface area contributed by atoms with Crippen LogP contribution in [0.2, 0.25) is 0 Å². The van der Waals surface area contributed by atoms with Crippen molar-refractivity contribution in [2.75, 3.05) is 26.3 Å². The van der Waals surface area contributed by atoms with Crippen LogP contribution in [0.25, 0.3) is 0 Å². The van der Waals surface area contributed by atoms with Crippen molar-refractivity contribution in [1.29, 1.82) is 0 Å². The highest BCUT2D eigenvalue weighted by molar-refractivity contribution is 5.11. The molecular formula is C8H14ClNO. The molecule has 0 bridgehead atoms. The van der Waals surface area contributed by atoms with Gasteiger partial charge in [0.1, 0.15) is 0 Å². The first kappa shape index (κ1) is 7.84. The lowest BCUT2D eigenvalue weighted by atomic mass is 9.53. The van der Waals surface area contributed by atoms with E-state index in [4.69, 9.17) is 4.74 Å². The molecule has 3 aliphatic rings. The third-order valence-corrected chi connectivity index (χ3v) is 4.03. The van der Waals surface area contributed by atoms with E-state index in [2.05, 4.69) is 5.32 Å². The van der Waals surface area contributed by atoms with E-state index in [-0.39, 0.29) is 12.4 Å². The smallest absolute Gasteiger partial charge is 0.0843 e. The van der Waals surface area contributed by atoms with Gasteiger partial charge >= 0.3 is 0 Å². The van der Waals surface area contributed by atoms with E-state index in [0.717, 1.165) is 13.2 Å². The molecule has 2 N–H and O–H groups in total. The highest BCUT2D eigenvalue weighted by atomic mass is 35.5. The van der Waals surface area contributed by atoms with Crippen LogP contribution in [0.5, 0.6) is 0 Å². The van der Waals surface area contributed by atoms with Gasteiger partial charge in [0, 0.05) is 0 Å². The average Bonchev–Trinajstić information content (AvgIpc) is 2.16. The Balaban J connectivity index is 0.000000480. The number of rotatable bonds is 0. The number of halogens is 1. The molecule has 3 rings (SSSR count). The van der Waals surface area contributed by atoms with Gasteiger partial charge in [-0.1, -0.05) is 0 Å². The zero-order valence-electron chi connectivity index (χ0n) is 6.61. The Morgan fingerprint density at radius 3 is 2.00 bits per heavy atom. The largest absolute Gasteiger partial charge is 1.00 e. The Labute approximate surface area is 73.1 Å². The molecule has 2 saturated heterocycles. The van der Waals surface area contributed by atoms with Crippen LogP contribution in [-0.4, -0.2) is 26.3 Å². The molecule has 0 aromatic heterocycles. The van der Waals surface area contributed by atoms with Crippen molar-refractivity contribution >= 4 is 0 Å². The summed E-state index contributed by atoms with van der Waals surface area (Å²) in [7, 11) is 0. The van der Waals surface area contributed by atoms with E-state index < -0.39 is 0 Å². The maximum absolute atomic E-state index is 5.56. The standard InChI is InChI=1S/C8H13NO.ClH/c1-2-8-4-9-3-7(1,8)5-10-6-8;/h9H,1-6H2;1H/t7-,8+;. The fraction of sp³-hybridized carbons (Fsp3) is 1.00. The van der Waals surface area contributed by atoms with Gasteiger partial charge in [-0.05, 0) is 12.8 Å². The molecule has 3 heteroatoms. The highest BCUT2D eigenvalue weighted by Gasteiger charge is 2.68. The number of nitrogens with two attached hydrogens (primary N) is 1. The maximum atomic E-state index is 5.56. The van der Waals surface area contributed by atoms with Crippen LogP contribution in [0.15, 0.2) is 0 Å². The number of hydrogen-bond donors (Lipinski definition) is 1. The van der Waals surface area contributed by atoms with Gasteiger partial charge in [0.05, 0.1) is 37.1 Å². The second kappa shape index (κ2) is 2.12. The molecule has 2 nitrogen and oxygen atoms in total. The van der Waals surface area contributed by atoms with Gasteiger partial charge in [-0.25, -0.2) is 0 Å². The Morgan fingerprint density at radius 1 is 1.00 bits per heavy atom. The van der Waals surface area contributed by atoms with E-state index in [1.54, 1.807) is 0 Å². The molecule has 11 heavy (non-hydrogen) atoms. The summed E-state index contributed by atoms with van der Waals surface area (Å²) in [6.45, 7) is 4.80. The zero-order valence-corrected chi connectivity index (χ0v) is 7.36. The van der Waals surface area contributed by atoms with Crippen LogP contribution in [0, 0.1) is 10.8 Å². The van der Waals surface area contributed by atoms with E-state index in [1.165, 1.54) is 25.9 Å². The molecule has 0 unspecified atom stereocenters. The third kappa shape index (κ3) is 0.663. The van der Waals surface area contributed by atoms with Gasteiger partial charge in [0.15, 0.2) is 0 Å². The molecule has 1 aliphatic carbocycles. The molecule has 1 saturated carbocycles. The molecule has 2 heterocycles. The Hall–Kier alpha value is 0.210. The summed E-state index contributed by atoms with van der Waals surface area (Å²) in [5, 5.41) is 2.48. The van der Waals surface area contributed by atoms with E-state index in [1.807, 2.05) is 0 Å². The van der Waals surface area contributed by atoms with Gasteiger partial charge in [-0.15, -0.1) is 0 Å². The lowest BCUT2D eigenvalue weighted by Gasteiger charge is -2.45. The summed E-state index contributed by atoms with van der Waals surface area (Å²) in [5.41, 5.74) is 1.29. The number of hydrogen-bond acceptors (Lipinski definition) is 1. The number of ether oxygens (including phenoxy) is 1. The van der Waals surface area contributed by atoms with Crippen molar-refractivity contribution in [1.82, 2.24) is 0 Å². The summed E-state index contributed by atoms with van der Waals surface area (Å²) < 4.78 is 5.56. The fourth-order valence-electron chi connectivity index (χ4n) is 3.10. The maximum Gasteiger partial charge on any atom is 0.0843 e. The number of quaternary nitrogens is 1. The topological polar surface area (TPSA) is 25.8 Å². The Bertz CT molecular complexity index is 155. The lowest BCUT2D eigenvalue weighted by Crippen LogP contribution is -3.00. The van der Waals surface area contributed by atoms with E-state index in [9.17, 15) is 0 Å². The minimum absolute atomic E-state index is 0. The first-order valence-electron chi connectivity index (χ1n) is 4.27. The van der Waals surface area contributed by atoms with Crippen molar-refractivity contribution in [3.8, 4) is 0 Å². The first-order valence-corrected chi connectivity index (χ1v) is 4.27. The van der Waals surface area contributed by atoms with Crippen LogP contribution in [0.3, 0.4) is 0 Å². The van der Waals surface area contributed by atoms with Crippen molar-refractivity contribution < 1.29 is 22.5 Å². The molecule has 3 fully saturated rings. The minimum atomic E-state index is 0. The predicted octanol–water partition coefficient (Wildman–Crippen LogP) is -3.64. The molecule has 2 aliphatic heterocycles. The van der Waals surface area contributed by atoms with Crippen LogP contribution in [-0.2, 0) is 4.74 Å².